The average Bonchev–Trinajstić information content (AvgIpc) is 2.68. The Kier molecular flexibility index (Phi) is 1.66. The van der Waals surface area contributed by atoms with Crippen LogP contribution in [0.1, 0.15) is 11.1 Å². The molecule has 3 nitrogen and oxygen atoms in total. The second-order valence-electron chi connectivity index (χ2n) is 3.62. The Labute approximate surface area is 92.0 Å². The minimum atomic E-state index is -0.328. The summed E-state index contributed by atoms with van der Waals surface area (Å²) in [5.41, 5.74) is 3.57. The van der Waals surface area contributed by atoms with Gasteiger partial charge in [0.25, 0.3) is 5.91 Å². The van der Waals surface area contributed by atoms with E-state index in [1.165, 1.54) is 0 Å². The van der Waals surface area contributed by atoms with Crippen LogP contribution in [-0.2, 0) is 4.79 Å². The van der Waals surface area contributed by atoms with E-state index in [4.69, 9.17) is 5.26 Å². The molecule has 1 aromatic rings. The van der Waals surface area contributed by atoms with Gasteiger partial charge in [-0.05, 0) is 28.9 Å². The molecule has 0 atom stereocenters. The highest BCUT2D eigenvalue weighted by Gasteiger charge is 2.27. The molecule has 0 saturated heterocycles. The van der Waals surface area contributed by atoms with Crippen LogP contribution in [0.5, 0.6) is 0 Å². The normalized spacial score (nSPS) is 16.7. The molecule has 74 valence electrons. The summed E-state index contributed by atoms with van der Waals surface area (Å²) in [5, 5.41) is 8.78. The van der Waals surface area contributed by atoms with Crippen molar-refractivity contribution in [3.8, 4) is 6.07 Å². The third kappa shape index (κ3) is 1.07. The second kappa shape index (κ2) is 3.01. The summed E-state index contributed by atoms with van der Waals surface area (Å²) in [4.78, 5) is 15.4. The van der Waals surface area contributed by atoms with Crippen molar-refractivity contribution >= 4 is 23.3 Å². The monoisotopic (exact) mass is 206 g/mol. The Morgan fingerprint density at radius 2 is 1.94 bits per heavy atom. The number of nitriles is 1. The van der Waals surface area contributed by atoms with E-state index >= 15 is 0 Å². The van der Waals surface area contributed by atoms with E-state index in [2.05, 4.69) is 4.99 Å². The fourth-order valence-electron chi connectivity index (χ4n) is 1.97. The third-order valence-electron chi connectivity index (χ3n) is 2.69. The van der Waals surface area contributed by atoms with Gasteiger partial charge in [-0.2, -0.15) is 10.3 Å². The molecule has 3 rings (SSSR count). The molecule has 1 aliphatic carbocycles. The van der Waals surface area contributed by atoms with E-state index < -0.39 is 0 Å². The Hall–Kier alpha value is -2.47. The molecule has 1 heterocycles. The summed E-state index contributed by atoms with van der Waals surface area (Å²) in [6, 6.07) is 9.63. The first-order chi connectivity index (χ1) is 7.79. The van der Waals surface area contributed by atoms with Gasteiger partial charge in [-0.25, -0.2) is 0 Å². The number of benzene rings is 1. The number of allylic oxidation sites excluding steroid dienone is 1. The lowest BCUT2D eigenvalue weighted by Crippen LogP contribution is -2.08. The molecule has 1 aliphatic heterocycles. The Bertz CT molecular complexity index is 642. The van der Waals surface area contributed by atoms with E-state index in [1.54, 1.807) is 6.08 Å². The molecule has 16 heavy (non-hydrogen) atoms. The van der Waals surface area contributed by atoms with Gasteiger partial charge in [0.1, 0.15) is 11.8 Å². The van der Waals surface area contributed by atoms with Gasteiger partial charge in [0.2, 0.25) is 0 Å². The summed E-state index contributed by atoms with van der Waals surface area (Å²) < 4.78 is 0. The summed E-state index contributed by atoms with van der Waals surface area (Å²) in [5.74, 6) is -0.328. The Morgan fingerprint density at radius 1 is 1.12 bits per heavy atom. The van der Waals surface area contributed by atoms with Gasteiger partial charge in [0.15, 0.2) is 0 Å². The van der Waals surface area contributed by atoms with Crippen LogP contribution >= 0.6 is 0 Å². The number of dihydropyridines is 1. The molecule has 1 amide bonds. The number of hydrogen-bond acceptors (Lipinski definition) is 2. The van der Waals surface area contributed by atoms with Crippen LogP contribution in [0.15, 0.2) is 40.9 Å². The largest absolute Gasteiger partial charge is 0.278 e. The lowest BCUT2D eigenvalue weighted by Gasteiger charge is -2.07. The zero-order valence-corrected chi connectivity index (χ0v) is 8.27. The van der Waals surface area contributed by atoms with Gasteiger partial charge in [0, 0.05) is 0 Å². The molecular weight excluding hydrogens is 200 g/mol. The zero-order chi connectivity index (χ0) is 11.1. The Morgan fingerprint density at radius 3 is 2.75 bits per heavy atom. The third-order valence-corrected chi connectivity index (χ3v) is 2.69. The van der Waals surface area contributed by atoms with Gasteiger partial charge >= 0.3 is 0 Å². The standard InChI is InChI=1S/C13H6N2O/c14-7-9-6-11-10-4-2-1-3-8(10)5-12(11)13(16)15-9/h1-6H. The van der Waals surface area contributed by atoms with E-state index in [-0.39, 0.29) is 11.6 Å². The highest BCUT2D eigenvalue weighted by atomic mass is 16.1. The predicted octanol–water partition coefficient (Wildman–Crippen LogP) is 1.97. The lowest BCUT2D eigenvalue weighted by molar-refractivity contribution is -0.113. The lowest BCUT2D eigenvalue weighted by atomic mass is 9.99. The van der Waals surface area contributed by atoms with E-state index in [0.717, 1.165) is 16.7 Å². The van der Waals surface area contributed by atoms with Crippen molar-refractivity contribution in [3.05, 3.63) is 47.0 Å². The number of carbonyl (C=O) groups is 1. The van der Waals surface area contributed by atoms with Crippen LogP contribution < -0.4 is 0 Å². The molecule has 0 aromatic heterocycles. The molecule has 0 saturated carbocycles. The van der Waals surface area contributed by atoms with E-state index in [0.29, 0.717) is 5.57 Å². The van der Waals surface area contributed by atoms with Crippen LogP contribution in [0.4, 0.5) is 0 Å². The fourth-order valence-corrected chi connectivity index (χ4v) is 1.97. The first kappa shape index (κ1) is 8.81. The van der Waals surface area contributed by atoms with Crippen LogP contribution in [0.3, 0.4) is 0 Å². The van der Waals surface area contributed by atoms with Gasteiger partial charge in [-0.3, -0.25) is 4.79 Å². The molecule has 0 unspecified atom stereocenters. The number of amides is 1. The molecule has 0 spiro atoms. The molecule has 0 N–H and O–H groups in total. The smallest absolute Gasteiger partial charge is 0.267 e. The molecule has 3 heteroatoms. The van der Waals surface area contributed by atoms with Crippen molar-refractivity contribution in [3.63, 3.8) is 0 Å². The molecule has 0 radical (unpaired) electrons. The molecule has 0 bridgehead atoms. The van der Waals surface area contributed by atoms with Crippen molar-refractivity contribution in [2.24, 2.45) is 4.99 Å². The van der Waals surface area contributed by atoms with E-state index in [9.17, 15) is 4.79 Å². The van der Waals surface area contributed by atoms with Gasteiger partial charge in [-0.15, -0.1) is 0 Å². The quantitative estimate of drug-likeness (QED) is 0.651. The average molecular weight is 206 g/mol. The predicted molar refractivity (Wildman–Crippen MR) is 60.5 cm³/mol. The summed E-state index contributed by atoms with van der Waals surface area (Å²) in [6.07, 6.45) is 3.49. The van der Waals surface area contributed by atoms with Crippen molar-refractivity contribution < 1.29 is 4.79 Å². The first-order valence-electron chi connectivity index (χ1n) is 4.86. The maximum absolute atomic E-state index is 11.7. The molecule has 2 aliphatic rings. The van der Waals surface area contributed by atoms with Gasteiger partial charge in [-0.1, -0.05) is 24.3 Å². The molecule has 1 aromatic carbocycles. The van der Waals surface area contributed by atoms with E-state index in [1.807, 2.05) is 36.4 Å². The Balaban J connectivity index is 2.26. The number of carbonyl (C=O) groups excluding carboxylic acids is 1. The maximum atomic E-state index is 11.7. The summed E-state index contributed by atoms with van der Waals surface area (Å²) >= 11 is 0. The summed E-state index contributed by atoms with van der Waals surface area (Å²) in [7, 11) is 0. The van der Waals surface area contributed by atoms with Crippen LogP contribution in [0.2, 0.25) is 0 Å². The van der Waals surface area contributed by atoms with Crippen molar-refractivity contribution in [1.82, 2.24) is 0 Å². The van der Waals surface area contributed by atoms with Gasteiger partial charge in [0.05, 0.1) is 5.57 Å². The SMILES string of the molecule is N#CC1=NC(=O)C2=Cc3ccccc3C2=C1. The number of aliphatic imine (C=N–C) groups is 1. The zero-order valence-electron chi connectivity index (χ0n) is 8.27. The topological polar surface area (TPSA) is 53.2 Å². The highest BCUT2D eigenvalue weighted by molar-refractivity contribution is 6.30. The second-order valence-corrected chi connectivity index (χ2v) is 3.62. The fraction of sp³-hybridized carbons (Fsp3) is 0. The van der Waals surface area contributed by atoms with Crippen LogP contribution in [0.25, 0.3) is 11.6 Å². The number of rotatable bonds is 0. The number of fused-ring (bicyclic) bond motifs is 3. The number of nitrogens with zero attached hydrogens (tertiary/aromatic N) is 2. The van der Waals surface area contributed by atoms with Crippen molar-refractivity contribution in [2.45, 2.75) is 0 Å². The van der Waals surface area contributed by atoms with Crippen molar-refractivity contribution in [2.75, 3.05) is 0 Å². The minimum Gasteiger partial charge on any atom is -0.267 e. The van der Waals surface area contributed by atoms with Crippen molar-refractivity contribution in [1.29, 1.82) is 5.26 Å². The van der Waals surface area contributed by atoms with Crippen LogP contribution in [0, 0.1) is 11.3 Å². The maximum Gasteiger partial charge on any atom is 0.278 e. The molecular formula is C13H6N2O. The van der Waals surface area contributed by atoms with Gasteiger partial charge < -0.3 is 0 Å². The minimum absolute atomic E-state index is 0.175. The summed E-state index contributed by atoms with van der Waals surface area (Å²) in [6.45, 7) is 0. The highest BCUT2D eigenvalue weighted by Crippen LogP contribution is 2.37. The first-order valence-corrected chi connectivity index (χ1v) is 4.86. The van der Waals surface area contributed by atoms with Crippen LogP contribution in [-0.4, -0.2) is 11.6 Å². The molecule has 0 fully saturated rings. The number of hydrogen-bond donors (Lipinski definition) is 0.